The van der Waals surface area contributed by atoms with Crippen molar-refractivity contribution < 1.29 is 22.7 Å². The van der Waals surface area contributed by atoms with Gasteiger partial charge >= 0.3 is 6.18 Å². The number of alkyl halides is 3. The molecule has 0 radical (unpaired) electrons. The molecule has 3 rings (SSSR count). The minimum absolute atomic E-state index is 0.00750. The van der Waals surface area contributed by atoms with Gasteiger partial charge in [-0.2, -0.15) is 18.3 Å². The predicted molar refractivity (Wildman–Crippen MR) is 107 cm³/mol. The van der Waals surface area contributed by atoms with Gasteiger partial charge in [0.15, 0.2) is 6.61 Å². The maximum Gasteiger partial charge on any atom is 0.417 e. The Morgan fingerprint density at radius 3 is 2.43 bits per heavy atom. The van der Waals surface area contributed by atoms with E-state index in [1.165, 1.54) is 6.07 Å². The van der Waals surface area contributed by atoms with Crippen molar-refractivity contribution in [3.63, 3.8) is 0 Å². The van der Waals surface area contributed by atoms with Crippen LogP contribution in [0.25, 0.3) is 0 Å². The Hall–Kier alpha value is -3.10. The van der Waals surface area contributed by atoms with Crippen molar-refractivity contribution in [2.75, 3.05) is 25.1 Å². The molecule has 0 saturated carbocycles. The number of aromatic nitrogens is 1. The number of nitrogens with one attached hydrogen (secondary N) is 1. The van der Waals surface area contributed by atoms with Crippen molar-refractivity contribution >= 4 is 17.4 Å². The fourth-order valence-electron chi connectivity index (χ4n) is 3.01. The van der Waals surface area contributed by atoms with Crippen LogP contribution in [0.4, 0.5) is 19.0 Å². The van der Waals surface area contributed by atoms with E-state index in [1.807, 2.05) is 4.90 Å². The number of anilines is 1. The Bertz CT molecular complexity index is 875. The molecule has 0 bridgehead atoms. The van der Waals surface area contributed by atoms with Crippen LogP contribution in [-0.4, -0.2) is 41.2 Å². The van der Waals surface area contributed by atoms with Crippen molar-refractivity contribution in [2.24, 2.45) is 5.10 Å². The Kier molecular flexibility index (Phi) is 6.91. The van der Waals surface area contributed by atoms with Crippen molar-refractivity contribution in [1.29, 1.82) is 0 Å². The summed E-state index contributed by atoms with van der Waals surface area (Å²) in [6, 6.07) is 9.23. The van der Waals surface area contributed by atoms with E-state index in [-0.39, 0.29) is 18.3 Å². The van der Waals surface area contributed by atoms with Crippen LogP contribution in [0.1, 0.15) is 37.3 Å². The van der Waals surface area contributed by atoms with E-state index >= 15 is 0 Å². The first-order valence-electron chi connectivity index (χ1n) is 9.67. The van der Waals surface area contributed by atoms with Gasteiger partial charge < -0.3 is 9.64 Å². The topological polar surface area (TPSA) is 66.8 Å². The second kappa shape index (κ2) is 9.60. The molecule has 1 amide bonds. The number of hydrazone groups is 1. The monoisotopic (exact) mass is 420 g/mol. The standard InChI is InChI=1S/C21H23F3N4O2/c1-15(26-27-19-10-7-17(13-25-19)21(22,23)24)16-5-8-18(9-6-16)30-14-20(29)28-11-3-2-4-12-28/h5-10,13H,2-4,11-12,14H2,1H3,(H,25,27)/b26-15-. The highest BCUT2D eigenvalue weighted by Crippen LogP contribution is 2.28. The minimum Gasteiger partial charge on any atom is -0.484 e. The lowest BCUT2D eigenvalue weighted by molar-refractivity contribution is -0.138. The minimum atomic E-state index is -4.42. The summed E-state index contributed by atoms with van der Waals surface area (Å²) in [6.45, 7) is 3.34. The molecule has 0 spiro atoms. The van der Waals surface area contributed by atoms with Crippen LogP contribution in [0.15, 0.2) is 47.7 Å². The van der Waals surface area contributed by atoms with E-state index < -0.39 is 11.7 Å². The predicted octanol–water partition coefficient (Wildman–Crippen LogP) is 4.33. The normalized spacial score (nSPS) is 15.1. The lowest BCUT2D eigenvalue weighted by Gasteiger charge is -2.26. The highest BCUT2D eigenvalue weighted by molar-refractivity contribution is 5.99. The van der Waals surface area contributed by atoms with E-state index in [9.17, 15) is 18.0 Å². The van der Waals surface area contributed by atoms with Gasteiger partial charge in [0.05, 0.1) is 11.3 Å². The molecule has 0 atom stereocenters. The molecule has 9 heteroatoms. The first kappa shape index (κ1) is 21.6. The number of piperidine rings is 1. The van der Waals surface area contributed by atoms with Gasteiger partial charge in [0.2, 0.25) is 0 Å². The molecular formula is C21H23F3N4O2. The molecule has 1 aromatic carbocycles. The summed E-state index contributed by atoms with van der Waals surface area (Å²) >= 11 is 0. The van der Waals surface area contributed by atoms with Crippen LogP contribution in [0, 0.1) is 0 Å². The Morgan fingerprint density at radius 2 is 1.83 bits per heavy atom. The van der Waals surface area contributed by atoms with Crippen molar-refractivity contribution in [3.05, 3.63) is 53.7 Å². The molecule has 160 valence electrons. The summed E-state index contributed by atoms with van der Waals surface area (Å²) in [5.41, 5.74) is 3.24. The third-order valence-corrected chi connectivity index (χ3v) is 4.77. The number of benzene rings is 1. The largest absolute Gasteiger partial charge is 0.484 e. The van der Waals surface area contributed by atoms with Crippen LogP contribution >= 0.6 is 0 Å². The molecule has 1 aliphatic heterocycles. The number of carbonyl (C=O) groups is 1. The maximum absolute atomic E-state index is 12.6. The molecular weight excluding hydrogens is 397 g/mol. The third-order valence-electron chi connectivity index (χ3n) is 4.77. The summed E-state index contributed by atoms with van der Waals surface area (Å²) in [5, 5.41) is 4.14. The molecule has 1 fully saturated rings. The fraction of sp³-hybridized carbons (Fsp3) is 0.381. The number of pyridine rings is 1. The number of halogens is 3. The van der Waals surface area contributed by atoms with E-state index in [2.05, 4.69) is 15.5 Å². The molecule has 1 saturated heterocycles. The fourth-order valence-corrected chi connectivity index (χ4v) is 3.01. The lowest BCUT2D eigenvalue weighted by atomic mass is 10.1. The third kappa shape index (κ3) is 5.95. The van der Waals surface area contributed by atoms with Gasteiger partial charge in [0, 0.05) is 19.3 Å². The van der Waals surface area contributed by atoms with Crippen molar-refractivity contribution in [1.82, 2.24) is 9.88 Å². The zero-order valence-electron chi connectivity index (χ0n) is 16.6. The SMILES string of the molecule is C/C(=N/Nc1ccc(C(F)(F)F)cn1)c1ccc(OCC(=O)N2CCCCC2)cc1. The summed E-state index contributed by atoms with van der Waals surface area (Å²) in [6.07, 6.45) is -0.432. The number of hydrogen-bond donors (Lipinski definition) is 1. The number of nitrogens with zero attached hydrogens (tertiary/aromatic N) is 3. The number of hydrogen-bond acceptors (Lipinski definition) is 5. The Balaban J connectivity index is 1.52. The number of likely N-dealkylation sites (tertiary alicyclic amines) is 1. The van der Waals surface area contributed by atoms with Gasteiger partial charge in [0.1, 0.15) is 11.6 Å². The highest BCUT2D eigenvalue weighted by Gasteiger charge is 2.30. The molecule has 1 aliphatic rings. The van der Waals surface area contributed by atoms with Gasteiger partial charge in [-0.1, -0.05) is 0 Å². The zero-order chi connectivity index (χ0) is 21.6. The Labute approximate surface area is 172 Å². The number of amides is 1. The van der Waals surface area contributed by atoms with Crippen molar-refractivity contribution in [3.8, 4) is 5.75 Å². The second-order valence-corrected chi connectivity index (χ2v) is 6.99. The van der Waals surface area contributed by atoms with Gasteiger partial charge in [-0.25, -0.2) is 4.98 Å². The van der Waals surface area contributed by atoms with Crippen LogP contribution in [-0.2, 0) is 11.0 Å². The summed E-state index contributed by atoms with van der Waals surface area (Å²) in [7, 11) is 0. The Morgan fingerprint density at radius 1 is 1.13 bits per heavy atom. The van der Waals surface area contributed by atoms with E-state index in [0.717, 1.165) is 50.2 Å². The number of carbonyl (C=O) groups excluding carboxylic acids is 1. The van der Waals surface area contributed by atoms with Gasteiger partial charge in [-0.3, -0.25) is 10.2 Å². The van der Waals surface area contributed by atoms with Crippen LogP contribution in [0.5, 0.6) is 5.75 Å². The molecule has 2 aromatic rings. The van der Waals surface area contributed by atoms with Crippen LogP contribution in [0.3, 0.4) is 0 Å². The lowest BCUT2D eigenvalue weighted by Crippen LogP contribution is -2.38. The second-order valence-electron chi connectivity index (χ2n) is 6.99. The van der Waals surface area contributed by atoms with Gasteiger partial charge in [-0.05, 0) is 68.1 Å². The van der Waals surface area contributed by atoms with Crippen LogP contribution < -0.4 is 10.2 Å². The maximum atomic E-state index is 12.6. The quantitative estimate of drug-likeness (QED) is 0.558. The van der Waals surface area contributed by atoms with Crippen LogP contribution in [0.2, 0.25) is 0 Å². The molecule has 2 heterocycles. The molecule has 30 heavy (non-hydrogen) atoms. The first-order valence-corrected chi connectivity index (χ1v) is 9.67. The molecule has 0 unspecified atom stereocenters. The average Bonchev–Trinajstić information content (AvgIpc) is 2.76. The molecule has 1 N–H and O–H groups in total. The summed E-state index contributed by atoms with van der Waals surface area (Å²) in [4.78, 5) is 17.7. The zero-order valence-corrected chi connectivity index (χ0v) is 16.6. The number of rotatable bonds is 6. The van der Waals surface area contributed by atoms with Gasteiger partial charge in [0.25, 0.3) is 5.91 Å². The summed E-state index contributed by atoms with van der Waals surface area (Å²) in [5.74, 6) is 0.776. The molecule has 6 nitrogen and oxygen atoms in total. The first-order chi connectivity index (χ1) is 14.3. The summed E-state index contributed by atoms with van der Waals surface area (Å²) < 4.78 is 43.3. The molecule has 1 aromatic heterocycles. The van der Waals surface area contributed by atoms with E-state index in [0.29, 0.717) is 11.5 Å². The smallest absolute Gasteiger partial charge is 0.417 e. The highest BCUT2D eigenvalue weighted by atomic mass is 19.4. The molecule has 0 aliphatic carbocycles. The van der Waals surface area contributed by atoms with Gasteiger partial charge in [-0.15, -0.1) is 0 Å². The number of ether oxygens (including phenoxy) is 1. The van der Waals surface area contributed by atoms with E-state index in [1.54, 1.807) is 31.2 Å². The van der Waals surface area contributed by atoms with Crippen molar-refractivity contribution in [2.45, 2.75) is 32.4 Å². The average molecular weight is 420 g/mol. The van der Waals surface area contributed by atoms with E-state index in [4.69, 9.17) is 4.74 Å².